The van der Waals surface area contributed by atoms with Crippen LogP contribution in [0.5, 0.6) is 0 Å². The monoisotopic (exact) mass is 581 g/mol. The zero-order valence-electron chi connectivity index (χ0n) is 24.4. The Balaban J connectivity index is 1.09. The largest absolute Gasteiger partial charge is 0.477 e. The number of nitrogens with zero attached hydrogens (tertiary/aromatic N) is 6. The molecule has 6 heterocycles. The second-order valence-electron chi connectivity index (χ2n) is 12.6. The summed E-state index contributed by atoms with van der Waals surface area (Å²) in [5.41, 5.74) is 3.95. The van der Waals surface area contributed by atoms with Crippen LogP contribution in [0.3, 0.4) is 0 Å². The molecule has 11 nitrogen and oxygen atoms in total. The highest BCUT2D eigenvalue weighted by Gasteiger charge is 2.46. The lowest BCUT2D eigenvalue weighted by Crippen LogP contribution is -2.62. The number of aryl methyl sites for hydroxylation is 1. The Kier molecular flexibility index (Phi) is 6.57. The highest BCUT2D eigenvalue weighted by Crippen LogP contribution is 2.39. The van der Waals surface area contributed by atoms with E-state index >= 15 is 0 Å². The van der Waals surface area contributed by atoms with Crippen LogP contribution < -0.4 is 15.1 Å². The molecule has 1 unspecified atom stereocenters. The minimum Gasteiger partial charge on any atom is -0.477 e. The molecule has 3 fully saturated rings. The first kappa shape index (κ1) is 27.3. The number of carbonyl (C=O) groups excluding carboxylic acids is 1. The summed E-state index contributed by atoms with van der Waals surface area (Å²) in [6.07, 6.45) is 3.77. The SMILES string of the molecule is Cc1cc(N2CC[C@](C)(c3ccccc3)C2)cn2nc(C(=O)NC3CN(c4cccc(C(=O)O)n4)CC4(COC4)C3)nc12. The highest BCUT2D eigenvalue weighted by atomic mass is 16.5. The highest BCUT2D eigenvalue weighted by molar-refractivity contribution is 5.91. The summed E-state index contributed by atoms with van der Waals surface area (Å²) in [6.45, 7) is 8.51. The van der Waals surface area contributed by atoms with Crippen molar-refractivity contribution in [2.75, 3.05) is 49.2 Å². The molecule has 3 aliphatic heterocycles. The smallest absolute Gasteiger partial charge is 0.354 e. The molecule has 4 aromatic rings. The van der Waals surface area contributed by atoms with E-state index in [2.05, 4.69) is 68.6 Å². The number of anilines is 2. The third-order valence-corrected chi connectivity index (χ3v) is 9.19. The van der Waals surface area contributed by atoms with Gasteiger partial charge in [0.1, 0.15) is 5.82 Å². The maximum Gasteiger partial charge on any atom is 0.354 e. The Labute approximate surface area is 249 Å². The van der Waals surface area contributed by atoms with E-state index in [0.717, 1.165) is 37.2 Å². The number of benzene rings is 1. The summed E-state index contributed by atoms with van der Waals surface area (Å²) in [4.78, 5) is 38.3. The fourth-order valence-corrected chi connectivity index (χ4v) is 6.88. The summed E-state index contributed by atoms with van der Waals surface area (Å²) < 4.78 is 7.27. The van der Waals surface area contributed by atoms with Crippen LogP contribution in [0.25, 0.3) is 5.65 Å². The van der Waals surface area contributed by atoms with E-state index < -0.39 is 5.97 Å². The normalized spacial score (nSPS) is 23.0. The molecule has 1 amide bonds. The second kappa shape index (κ2) is 10.3. The van der Waals surface area contributed by atoms with E-state index in [1.165, 1.54) is 11.6 Å². The first-order chi connectivity index (χ1) is 20.7. The lowest BCUT2D eigenvalue weighted by atomic mass is 9.76. The molecule has 43 heavy (non-hydrogen) atoms. The summed E-state index contributed by atoms with van der Waals surface area (Å²) in [5.74, 6) is -0.712. The van der Waals surface area contributed by atoms with Crippen LogP contribution in [0.1, 0.15) is 52.0 Å². The number of piperidine rings is 1. The first-order valence-electron chi connectivity index (χ1n) is 14.7. The minimum atomic E-state index is -1.07. The van der Waals surface area contributed by atoms with E-state index in [-0.39, 0.29) is 34.3 Å². The van der Waals surface area contributed by atoms with Crippen LogP contribution in [0.2, 0.25) is 0 Å². The number of amides is 1. The van der Waals surface area contributed by atoms with Gasteiger partial charge in [-0.15, -0.1) is 5.10 Å². The Morgan fingerprint density at radius 2 is 1.86 bits per heavy atom. The van der Waals surface area contributed by atoms with Crippen molar-refractivity contribution in [1.82, 2.24) is 24.9 Å². The van der Waals surface area contributed by atoms with Gasteiger partial charge < -0.3 is 25.0 Å². The molecule has 3 saturated heterocycles. The van der Waals surface area contributed by atoms with Crippen LogP contribution in [0.15, 0.2) is 60.8 Å². The molecule has 0 aliphatic carbocycles. The van der Waals surface area contributed by atoms with E-state index in [0.29, 0.717) is 37.8 Å². The summed E-state index contributed by atoms with van der Waals surface area (Å²) in [6, 6.07) is 17.5. The number of ether oxygens (including phenoxy) is 1. The number of fused-ring (bicyclic) bond motifs is 1. The number of hydrogen-bond acceptors (Lipinski definition) is 8. The quantitative estimate of drug-likeness (QED) is 0.353. The number of pyridine rings is 2. The van der Waals surface area contributed by atoms with Crippen molar-refractivity contribution in [1.29, 1.82) is 0 Å². The predicted molar refractivity (Wildman–Crippen MR) is 161 cm³/mol. The molecule has 3 aliphatic rings. The molecule has 3 aromatic heterocycles. The number of carboxylic acid groups (broad SMARTS) is 1. The number of rotatable bonds is 6. The van der Waals surface area contributed by atoms with Gasteiger partial charge >= 0.3 is 5.97 Å². The third kappa shape index (κ3) is 5.07. The fourth-order valence-electron chi connectivity index (χ4n) is 6.88. The van der Waals surface area contributed by atoms with E-state index in [1.54, 1.807) is 16.6 Å². The summed E-state index contributed by atoms with van der Waals surface area (Å²) >= 11 is 0. The van der Waals surface area contributed by atoms with E-state index in [4.69, 9.17) is 4.74 Å². The van der Waals surface area contributed by atoms with Gasteiger partial charge in [-0.25, -0.2) is 19.3 Å². The standard InChI is InChI=1S/C32H35N7O4/c1-21-13-24(37-12-11-31(2,17-37)22-7-4-3-5-8-22)16-39-28(21)35-27(36-39)29(40)33-23-14-32(19-43-20-32)18-38(15-23)26-10-6-9-25(34-26)30(41)42/h3-10,13,16,23H,11-12,14-15,17-20H2,1-2H3,(H,33,40)(H,41,42)/t23?,31-/m0/s1. The number of aromatic nitrogens is 4. The van der Waals surface area contributed by atoms with Gasteiger partial charge in [0.05, 0.1) is 25.1 Å². The molecule has 0 radical (unpaired) electrons. The van der Waals surface area contributed by atoms with Crippen LogP contribution in [0.4, 0.5) is 11.5 Å². The van der Waals surface area contributed by atoms with E-state index in [1.807, 2.05) is 18.0 Å². The van der Waals surface area contributed by atoms with Crippen LogP contribution >= 0.6 is 0 Å². The molecule has 2 atom stereocenters. The second-order valence-corrected chi connectivity index (χ2v) is 12.6. The predicted octanol–water partition coefficient (Wildman–Crippen LogP) is 3.32. The molecule has 2 N–H and O–H groups in total. The van der Waals surface area contributed by atoms with Crippen molar-refractivity contribution in [2.24, 2.45) is 5.41 Å². The Hall–Kier alpha value is -4.51. The van der Waals surface area contributed by atoms with Crippen molar-refractivity contribution in [3.05, 3.63) is 83.4 Å². The van der Waals surface area contributed by atoms with Gasteiger partial charge in [-0.3, -0.25) is 4.79 Å². The van der Waals surface area contributed by atoms with Gasteiger partial charge in [0, 0.05) is 43.1 Å². The van der Waals surface area contributed by atoms with Gasteiger partial charge in [0.2, 0.25) is 5.82 Å². The molecule has 1 aromatic carbocycles. The summed E-state index contributed by atoms with van der Waals surface area (Å²) in [5, 5.41) is 17.2. The zero-order chi connectivity index (χ0) is 29.8. The molecule has 11 heteroatoms. The number of nitrogens with one attached hydrogen (secondary N) is 1. The molecule has 0 bridgehead atoms. The third-order valence-electron chi connectivity index (χ3n) is 9.19. The van der Waals surface area contributed by atoms with Gasteiger partial charge in [-0.2, -0.15) is 0 Å². The number of carbonyl (C=O) groups is 2. The van der Waals surface area contributed by atoms with Gasteiger partial charge in [-0.1, -0.05) is 43.3 Å². The molecule has 222 valence electrons. The van der Waals surface area contributed by atoms with E-state index in [9.17, 15) is 14.7 Å². The fraction of sp³-hybridized carbons (Fsp3) is 0.406. The zero-order valence-corrected chi connectivity index (χ0v) is 24.4. The Morgan fingerprint density at radius 1 is 1.05 bits per heavy atom. The lowest BCUT2D eigenvalue weighted by molar-refractivity contribution is -0.121. The maximum atomic E-state index is 13.5. The Bertz CT molecular complexity index is 1700. The average Bonchev–Trinajstić information content (AvgIpc) is 3.62. The van der Waals surface area contributed by atoms with Crippen molar-refractivity contribution < 1.29 is 19.4 Å². The first-order valence-corrected chi connectivity index (χ1v) is 14.7. The average molecular weight is 582 g/mol. The van der Waals surface area contributed by atoms with Crippen molar-refractivity contribution in [3.8, 4) is 0 Å². The minimum absolute atomic E-state index is 0.00942. The van der Waals surface area contributed by atoms with Gasteiger partial charge in [0.15, 0.2) is 11.3 Å². The van der Waals surface area contributed by atoms with Crippen LogP contribution in [-0.4, -0.2) is 82.0 Å². The molecular weight excluding hydrogens is 546 g/mol. The van der Waals surface area contributed by atoms with Gasteiger partial charge in [-0.05, 0) is 49.1 Å². The number of hydrogen-bond donors (Lipinski definition) is 2. The maximum absolute atomic E-state index is 13.5. The molecule has 7 rings (SSSR count). The Morgan fingerprint density at radius 3 is 2.60 bits per heavy atom. The number of carboxylic acids is 1. The topological polar surface area (TPSA) is 125 Å². The van der Waals surface area contributed by atoms with Crippen LogP contribution in [-0.2, 0) is 10.2 Å². The van der Waals surface area contributed by atoms with Crippen molar-refractivity contribution in [3.63, 3.8) is 0 Å². The van der Waals surface area contributed by atoms with Crippen LogP contribution in [0, 0.1) is 12.3 Å². The van der Waals surface area contributed by atoms with Crippen molar-refractivity contribution >= 4 is 29.0 Å². The summed E-state index contributed by atoms with van der Waals surface area (Å²) in [7, 11) is 0. The number of aromatic carboxylic acids is 1. The molecule has 1 spiro atoms. The lowest BCUT2D eigenvalue weighted by Gasteiger charge is -2.51. The molecule has 0 saturated carbocycles. The molecular formula is C32H35N7O4. The van der Waals surface area contributed by atoms with Gasteiger partial charge in [0.25, 0.3) is 5.91 Å². The van der Waals surface area contributed by atoms with Crippen molar-refractivity contribution in [2.45, 2.75) is 38.1 Å².